The Morgan fingerprint density at radius 2 is 1.91 bits per heavy atom. The quantitative estimate of drug-likeness (QED) is 0.530. The molecule has 2 N–H and O–H groups in total. The summed E-state index contributed by atoms with van der Waals surface area (Å²) in [5, 5.41) is 0. The molecule has 0 radical (unpaired) electrons. The SMILES string of the molecule is CC(C)C(C(=O)N(C)CCCC1CC(c2ccccc2)NN1)n1cnc2cc(F)c(F)cc21. The van der Waals surface area contributed by atoms with Crippen LogP contribution in [0.4, 0.5) is 8.78 Å². The maximum absolute atomic E-state index is 13.9. The van der Waals surface area contributed by atoms with E-state index in [1.807, 2.05) is 32.0 Å². The maximum Gasteiger partial charge on any atom is 0.245 e. The number of nitrogens with zero attached hydrogens (tertiary/aromatic N) is 3. The summed E-state index contributed by atoms with van der Waals surface area (Å²) in [6.45, 7) is 4.51. The minimum absolute atomic E-state index is 0.0437. The third kappa shape index (κ3) is 5.07. The van der Waals surface area contributed by atoms with Gasteiger partial charge in [-0.25, -0.2) is 13.8 Å². The number of nitrogens with one attached hydrogen (secondary N) is 2. The first-order valence-electron chi connectivity index (χ1n) is 11.5. The molecule has 3 aromatic rings. The second-order valence-corrected chi connectivity index (χ2v) is 9.18. The number of fused-ring (bicyclic) bond motifs is 1. The Morgan fingerprint density at radius 3 is 2.64 bits per heavy atom. The summed E-state index contributed by atoms with van der Waals surface area (Å²) >= 11 is 0. The number of imidazole rings is 1. The third-order valence-corrected chi connectivity index (χ3v) is 6.41. The lowest BCUT2D eigenvalue weighted by molar-refractivity contribution is -0.134. The largest absolute Gasteiger partial charge is 0.344 e. The predicted octanol–water partition coefficient (Wildman–Crippen LogP) is 4.36. The topological polar surface area (TPSA) is 62.2 Å². The van der Waals surface area contributed by atoms with E-state index in [-0.39, 0.29) is 11.8 Å². The molecule has 2 aromatic carbocycles. The van der Waals surface area contributed by atoms with Crippen molar-refractivity contribution in [3.8, 4) is 0 Å². The number of halogens is 2. The number of amides is 1. The van der Waals surface area contributed by atoms with Crippen molar-refractivity contribution >= 4 is 16.9 Å². The van der Waals surface area contributed by atoms with Gasteiger partial charge in [0.2, 0.25) is 5.91 Å². The van der Waals surface area contributed by atoms with E-state index >= 15 is 0 Å². The second kappa shape index (κ2) is 9.97. The van der Waals surface area contributed by atoms with Gasteiger partial charge in [-0.15, -0.1) is 0 Å². The fourth-order valence-electron chi connectivity index (χ4n) is 4.60. The van der Waals surface area contributed by atoms with E-state index < -0.39 is 17.7 Å². The Bertz CT molecular complexity index is 1100. The predicted molar refractivity (Wildman–Crippen MR) is 124 cm³/mol. The molecule has 176 valence electrons. The smallest absolute Gasteiger partial charge is 0.245 e. The molecular formula is C25H31F2N5O. The van der Waals surface area contributed by atoms with Crippen molar-refractivity contribution in [3.63, 3.8) is 0 Å². The lowest BCUT2D eigenvalue weighted by Crippen LogP contribution is -2.38. The average molecular weight is 456 g/mol. The highest BCUT2D eigenvalue weighted by molar-refractivity contribution is 5.84. The van der Waals surface area contributed by atoms with Gasteiger partial charge < -0.3 is 9.47 Å². The zero-order valence-corrected chi connectivity index (χ0v) is 19.3. The molecule has 1 fully saturated rings. The van der Waals surface area contributed by atoms with E-state index in [2.05, 4.69) is 28.0 Å². The summed E-state index contributed by atoms with van der Waals surface area (Å²) in [5.74, 6) is -1.99. The van der Waals surface area contributed by atoms with Gasteiger partial charge in [-0.3, -0.25) is 15.6 Å². The van der Waals surface area contributed by atoms with Crippen LogP contribution in [0.5, 0.6) is 0 Å². The summed E-state index contributed by atoms with van der Waals surface area (Å²) in [4.78, 5) is 19.2. The molecule has 1 aliphatic heterocycles. The molecule has 1 aromatic heterocycles. The summed E-state index contributed by atoms with van der Waals surface area (Å²) in [7, 11) is 1.80. The lowest BCUT2D eigenvalue weighted by atomic mass is 9.99. The van der Waals surface area contributed by atoms with Gasteiger partial charge in [-0.2, -0.15) is 0 Å². The number of aromatic nitrogens is 2. The van der Waals surface area contributed by atoms with Crippen LogP contribution in [0.1, 0.15) is 50.8 Å². The molecule has 3 atom stereocenters. The number of carbonyl (C=O) groups is 1. The molecular weight excluding hydrogens is 424 g/mol. The molecule has 4 rings (SSSR count). The Kier molecular flexibility index (Phi) is 7.05. The zero-order valence-electron chi connectivity index (χ0n) is 19.3. The molecule has 2 heterocycles. The van der Waals surface area contributed by atoms with Gasteiger partial charge in [-0.1, -0.05) is 44.2 Å². The number of carbonyl (C=O) groups excluding carboxylic acids is 1. The van der Waals surface area contributed by atoms with E-state index in [0.717, 1.165) is 31.4 Å². The first-order chi connectivity index (χ1) is 15.8. The van der Waals surface area contributed by atoms with Crippen LogP contribution in [-0.4, -0.2) is 40.0 Å². The minimum atomic E-state index is -0.945. The highest BCUT2D eigenvalue weighted by Crippen LogP contribution is 2.27. The van der Waals surface area contributed by atoms with Gasteiger partial charge in [0.1, 0.15) is 6.04 Å². The van der Waals surface area contributed by atoms with Gasteiger partial charge >= 0.3 is 0 Å². The van der Waals surface area contributed by atoms with Crippen LogP contribution >= 0.6 is 0 Å². The molecule has 0 aliphatic carbocycles. The lowest BCUT2D eigenvalue weighted by Gasteiger charge is -2.28. The van der Waals surface area contributed by atoms with E-state index in [9.17, 15) is 13.6 Å². The first-order valence-corrected chi connectivity index (χ1v) is 11.5. The molecule has 0 saturated carbocycles. The van der Waals surface area contributed by atoms with Crippen LogP contribution in [0.3, 0.4) is 0 Å². The van der Waals surface area contributed by atoms with Crippen LogP contribution in [-0.2, 0) is 4.79 Å². The zero-order chi connectivity index (χ0) is 23.5. The normalized spacial score (nSPS) is 19.3. The van der Waals surface area contributed by atoms with Crippen molar-refractivity contribution in [3.05, 3.63) is 66.0 Å². The van der Waals surface area contributed by atoms with Gasteiger partial charge in [0.25, 0.3) is 0 Å². The van der Waals surface area contributed by atoms with Crippen molar-refractivity contribution in [1.82, 2.24) is 25.3 Å². The van der Waals surface area contributed by atoms with Crippen molar-refractivity contribution in [2.24, 2.45) is 5.92 Å². The van der Waals surface area contributed by atoms with Crippen LogP contribution in [0, 0.1) is 17.6 Å². The first kappa shape index (κ1) is 23.3. The molecule has 6 nitrogen and oxygen atoms in total. The molecule has 3 unspecified atom stereocenters. The average Bonchev–Trinajstić information content (AvgIpc) is 3.42. The second-order valence-electron chi connectivity index (χ2n) is 9.18. The van der Waals surface area contributed by atoms with E-state index in [4.69, 9.17) is 0 Å². The van der Waals surface area contributed by atoms with E-state index in [1.54, 1.807) is 16.5 Å². The molecule has 1 amide bonds. The fraction of sp³-hybridized carbons (Fsp3) is 0.440. The molecule has 1 aliphatic rings. The third-order valence-electron chi connectivity index (χ3n) is 6.41. The van der Waals surface area contributed by atoms with E-state index in [0.29, 0.717) is 29.7 Å². The molecule has 0 spiro atoms. The van der Waals surface area contributed by atoms with Crippen LogP contribution in [0.25, 0.3) is 11.0 Å². The monoisotopic (exact) mass is 455 g/mol. The minimum Gasteiger partial charge on any atom is -0.344 e. The highest BCUT2D eigenvalue weighted by atomic mass is 19.2. The number of likely N-dealkylation sites (N-methyl/N-ethyl adjacent to an activating group) is 1. The molecule has 1 saturated heterocycles. The van der Waals surface area contributed by atoms with Crippen LogP contribution in [0.15, 0.2) is 48.8 Å². The molecule has 8 heteroatoms. The Balaban J connectivity index is 1.36. The Hall–Kier alpha value is -2.84. The summed E-state index contributed by atoms with van der Waals surface area (Å²) < 4.78 is 29.1. The van der Waals surface area contributed by atoms with Gasteiger partial charge in [0, 0.05) is 37.8 Å². The molecule has 33 heavy (non-hydrogen) atoms. The number of benzene rings is 2. The summed E-state index contributed by atoms with van der Waals surface area (Å²) in [6.07, 6.45) is 4.30. The van der Waals surface area contributed by atoms with Gasteiger partial charge in [-0.05, 0) is 30.7 Å². The van der Waals surface area contributed by atoms with Gasteiger partial charge in [0.05, 0.1) is 17.4 Å². The number of hydrogen-bond acceptors (Lipinski definition) is 4. The highest BCUT2D eigenvalue weighted by Gasteiger charge is 2.29. The maximum atomic E-state index is 13.9. The van der Waals surface area contributed by atoms with Crippen molar-refractivity contribution < 1.29 is 13.6 Å². The van der Waals surface area contributed by atoms with E-state index in [1.165, 1.54) is 11.9 Å². The number of rotatable bonds is 8. The van der Waals surface area contributed by atoms with Crippen molar-refractivity contribution in [2.75, 3.05) is 13.6 Å². The number of hydrazine groups is 1. The number of hydrogen-bond donors (Lipinski definition) is 2. The van der Waals surface area contributed by atoms with Crippen molar-refractivity contribution in [1.29, 1.82) is 0 Å². The fourth-order valence-corrected chi connectivity index (χ4v) is 4.60. The summed E-state index contributed by atoms with van der Waals surface area (Å²) in [5.41, 5.74) is 8.75. The standard InChI is InChI=1S/C25H31F2N5O/c1-16(2)24(32-15-28-22-13-19(26)20(27)14-23(22)32)25(33)31(3)11-7-10-18-12-21(30-29-18)17-8-5-4-6-9-17/h4-6,8-9,13-16,18,21,24,29-30H,7,10-12H2,1-3H3. The van der Waals surface area contributed by atoms with Crippen molar-refractivity contribution in [2.45, 2.75) is 51.2 Å². The van der Waals surface area contributed by atoms with Gasteiger partial charge in [0.15, 0.2) is 11.6 Å². The Morgan fingerprint density at radius 1 is 1.18 bits per heavy atom. The Labute approximate surface area is 193 Å². The molecule has 0 bridgehead atoms. The van der Waals surface area contributed by atoms with Crippen LogP contribution < -0.4 is 10.9 Å². The van der Waals surface area contributed by atoms with Crippen LogP contribution in [0.2, 0.25) is 0 Å². The summed E-state index contributed by atoms with van der Waals surface area (Å²) in [6, 6.07) is 12.6.